The Morgan fingerprint density at radius 3 is 2.20 bits per heavy atom. The van der Waals surface area contributed by atoms with Crippen molar-refractivity contribution in [1.82, 2.24) is 5.32 Å². The fourth-order valence-electron chi connectivity index (χ4n) is 1.28. The highest BCUT2D eigenvalue weighted by atomic mass is 16.5. The molecule has 0 bridgehead atoms. The quantitative estimate of drug-likeness (QED) is 0.683. The summed E-state index contributed by atoms with van der Waals surface area (Å²) in [6, 6.07) is 5.70. The van der Waals surface area contributed by atoms with Crippen LogP contribution in [0.3, 0.4) is 0 Å². The molecular weight excluding hydrogens is 194 g/mol. The molecule has 0 atom stereocenters. The van der Waals surface area contributed by atoms with E-state index in [1.165, 1.54) is 0 Å². The van der Waals surface area contributed by atoms with Gasteiger partial charge in [-0.1, -0.05) is 0 Å². The van der Waals surface area contributed by atoms with Crippen LogP contribution in [-0.2, 0) is 6.54 Å². The Kier molecular flexibility index (Phi) is 4.93. The molecule has 0 saturated carbocycles. The molecule has 4 nitrogen and oxygen atoms in total. The lowest BCUT2D eigenvalue weighted by atomic mass is 10.2. The van der Waals surface area contributed by atoms with E-state index in [2.05, 4.69) is 5.32 Å². The molecule has 0 aliphatic rings. The first-order valence-corrected chi connectivity index (χ1v) is 4.83. The van der Waals surface area contributed by atoms with Crippen LogP contribution in [0.5, 0.6) is 11.5 Å². The third-order valence-electron chi connectivity index (χ3n) is 2.03. The number of aliphatic hydroxyl groups is 1. The van der Waals surface area contributed by atoms with Crippen molar-refractivity contribution < 1.29 is 14.6 Å². The van der Waals surface area contributed by atoms with Crippen molar-refractivity contribution in [2.75, 3.05) is 27.4 Å². The average Bonchev–Trinajstić information content (AvgIpc) is 2.29. The van der Waals surface area contributed by atoms with Crippen molar-refractivity contribution in [3.05, 3.63) is 23.8 Å². The second kappa shape index (κ2) is 6.27. The maximum Gasteiger partial charge on any atom is 0.122 e. The van der Waals surface area contributed by atoms with Crippen LogP contribution >= 0.6 is 0 Å². The Hall–Kier alpha value is -1.26. The van der Waals surface area contributed by atoms with E-state index in [-0.39, 0.29) is 6.61 Å². The van der Waals surface area contributed by atoms with Crippen molar-refractivity contribution in [1.29, 1.82) is 0 Å². The van der Waals surface area contributed by atoms with Gasteiger partial charge in [-0.05, 0) is 17.7 Å². The van der Waals surface area contributed by atoms with Gasteiger partial charge in [0.1, 0.15) is 11.5 Å². The zero-order chi connectivity index (χ0) is 11.1. The lowest BCUT2D eigenvalue weighted by molar-refractivity contribution is 0.292. The fraction of sp³-hybridized carbons (Fsp3) is 0.455. The lowest BCUT2D eigenvalue weighted by Gasteiger charge is -2.08. The molecule has 1 aromatic rings. The van der Waals surface area contributed by atoms with Crippen molar-refractivity contribution in [2.24, 2.45) is 0 Å². The van der Waals surface area contributed by atoms with E-state index in [4.69, 9.17) is 14.6 Å². The fourth-order valence-corrected chi connectivity index (χ4v) is 1.28. The van der Waals surface area contributed by atoms with Crippen molar-refractivity contribution in [3.8, 4) is 11.5 Å². The molecule has 0 aliphatic heterocycles. The molecule has 0 spiro atoms. The normalized spacial score (nSPS) is 10.1. The van der Waals surface area contributed by atoms with Crippen molar-refractivity contribution in [2.45, 2.75) is 6.54 Å². The maximum absolute atomic E-state index is 8.63. The topological polar surface area (TPSA) is 50.7 Å². The van der Waals surface area contributed by atoms with E-state index in [0.717, 1.165) is 17.1 Å². The minimum Gasteiger partial charge on any atom is -0.497 e. The average molecular weight is 211 g/mol. The van der Waals surface area contributed by atoms with E-state index in [0.29, 0.717) is 13.1 Å². The third kappa shape index (κ3) is 3.77. The molecule has 84 valence electrons. The van der Waals surface area contributed by atoms with E-state index in [1.807, 2.05) is 18.2 Å². The number of aliphatic hydroxyl groups excluding tert-OH is 1. The minimum atomic E-state index is 0.140. The number of nitrogens with one attached hydrogen (secondary N) is 1. The molecule has 1 aromatic carbocycles. The molecule has 0 heterocycles. The molecule has 4 heteroatoms. The molecule has 0 fully saturated rings. The van der Waals surface area contributed by atoms with E-state index in [1.54, 1.807) is 14.2 Å². The summed E-state index contributed by atoms with van der Waals surface area (Å²) in [4.78, 5) is 0. The molecule has 0 unspecified atom stereocenters. The maximum atomic E-state index is 8.63. The monoisotopic (exact) mass is 211 g/mol. The minimum absolute atomic E-state index is 0.140. The molecule has 2 N–H and O–H groups in total. The summed E-state index contributed by atoms with van der Waals surface area (Å²) in [5.74, 6) is 1.55. The molecule has 15 heavy (non-hydrogen) atoms. The van der Waals surface area contributed by atoms with Gasteiger partial charge in [0.2, 0.25) is 0 Å². The zero-order valence-electron chi connectivity index (χ0n) is 9.12. The SMILES string of the molecule is COc1cc(CNCCO)cc(OC)c1. The van der Waals surface area contributed by atoms with Crippen LogP contribution < -0.4 is 14.8 Å². The van der Waals surface area contributed by atoms with Gasteiger partial charge < -0.3 is 19.9 Å². The number of benzene rings is 1. The first-order valence-electron chi connectivity index (χ1n) is 4.83. The molecule has 0 amide bonds. The summed E-state index contributed by atoms with van der Waals surface area (Å²) in [5, 5.41) is 11.7. The summed E-state index contributed by atoms with van der Waals surface area (Å²) in [5.41, 5.74) is 1.07. The Bertz CT molecular complexity index is 280. The summed E-state index contributed by atoms with van der Waals surface area (Å²) in [6.45, 7) is 1.41. The summed E-state index contributed by atoms with van der Waals surface area (Å²) < 4.78 is 10.3. The van der Waals surface area contributed by atoms with Gasteiger partial charge in [0.05, 0.1) is 20.8 Å². The van der Waals surface area contributed by atoms with Crippen LogP contribution in [0.2, 0.25) is 0 Å². The Labute approximate surface area is 89.8 Å². The highest BCUT2D eigenvalue weighted by Gasteiger charge is 2.01. The first-order chi connectivity index (χ1) is 7.30. The molecular formula is C11H17NO3. The van der Waals surface area contributed by atoms with Gasteiger partial charge in [0, 0.05) is 19.2 Å². The van der Waals surface area contributed by atoms with Crippen LogP contribution in [0.15, 0.2) is 18.2 Å². The standard InChI is InChI=1S/C11H17NO3/c1-14-10-5-9(8-12-3-4-13)6-11(7-10)15-2/h5-7,12-13H,3-4,8H2,1-2H3. The Balaban J connectivity index is 2.68. The van der Waals surface area contributed by atoms with Crippen LogP contribution in [0, 0.1) is 0 Å². The van der Waals surface area contributed by atoms with Gasteiger partial charge in [-0.15, -0.1) is 0 Å². The zero-order valence-corrected chi connectivity index (χ0v) is 9.12. The lowest BCUT2D eigenvalue weighted by Crippen LogP contribution is -2.17. The van der Waals surface area contributed by atoms with Gasteiger partial charge in [-0.3, -0.25) is 0 Å². The third-order valence-corrected chi connectivity index (χ3v) is 2.03. The van der Waals surface area contributed by atoms with Gasteiger partial charge in [-0.25, -0.2) is 0 Å². The van der Waals surface area contributed by atoms with E-state index >= 15 is 0 Å². The molecule has 0 radical (unpaired) electrons. The summed E-state index contributed by atoms with van der Waals surface area (Å²) in [6.07, 6.45) is 0. The number of rotatable bonds is 6. The van der Waals surface area contributed by atoms with Crippen molar-refractivity contribution >= 4 is 0 Å². The number of hydrogen-bond acceptors (Lipinski definition) is 4. The van der Waals surface area contributed by atoms with Crippen LogP contribution in [0.4, 0.5) is 0 Å². The second-order valence-corrected chi connectivity index (χ2v) is 3.12. The molecule has 0 aliphatic carbocycles. The Morgan fingerprint density at radius 1 is 1.13 bits per heavy atom. The van der Waals surface area contributed by atoms with Crippen LogP contribution in [-0.4, -0.2) is 32.5 Å². The highest BCUT2D eigenvalue weighted by Crippen LogP contribution is 2.22. The largest absolute Gasteiger partial charge is 0.497 e. The van der Waals surface area contributed by atoms with Gasteiger partial charge in [-0.2, -0.15) is 0 Å². The summed E-state index contributed by atoms with van der Waals surface area (Å²) in [7, 11) is 3.25. The van der Waals surface area contributed by atoms with Gasteiger partial charge in [0.25, 0.3) is 0 Å². The van der Waals surface area contributed by atoms with E-state index in [9.17, 15) is 0 Å². The van der Waals surface area contributed by atoms with Gasteiger partial charge in [0.15, 0.2) is 0 Å². The predicted octanol–water partition coefficient (Wildman–Crippen LogP) is 0.786. The van der Waals surface area contributed by atoms with Crippen molar-refractivity contribution in [3.63, 3.8) is 0 Å². The molecule has 0 saturated heterocycles. The van der Waals surface area contributed by atoms with Gasteiger partial charge >= 0.3 is 0 Å². The van der Waals surface area contributed by atoms with Crippen LogP contribution in [0.1, 0.15) is 5.56 Å². The summed E-state index contributed by atoms with van der Waals surface area (Å²) >= 11 is 0. The highest BCUT2D eigenvalue weighted by molar-refractivity contribution is 5.38. The Morgan fingerprint density at radius 2 is 1.73 bits per heavy atom. The number of ether oxygens (including phenoxy) is 2. The predicted molar refractivity (Wildman–Crippen MR) is 58.3 cm³/mol. The smallest absolute Gasteiger partial charge is 0.122 e. The molecule has 0 aromatic heterocycles. The second-order valence-electron chi connectivity index (χ2n) is 3.12. The number of hydrogen-bond donors (Lipinski definition) is 2. The molecule has 1 rings (SSSR count). The number of methoxy groups -OCH3 is 2. The van der Waals surface area contributed by atoms with E-state index < -0.39 is 0 Å². The first kappa shape index (κ1) is 11.8. The van der Waals surface area contributed by atoms with Crippen LogP contribution in [0.25, 0.3) is 0 Å².